The van der Waals surface area contributed by atoms with E-state index in [0.29, 0.717) is 13.0 Å². The van der Waals surface area contributed by atoms with E-state index >= 15 is 0 Å². The maximum absolute atomic E-state index is 11.6. The number of aliphatic hydroxyl groups is 1. The molecule has 5 nitrogen and oxygen atoms in total. The van der Waals surface area contributed by atoms with Gasteiger partial charge in [0.2, 0.25) is 5.91 Å². The Labute approximate surface area is 139 Å². The van der Waals surface area contributed by atoms with Crippen LogP contribution >= 0.6 is 0 Å². The second kappa shape index (κ2) is 8.43. The molecule has 0 saturated carbocycles. The molecule has 1 saturated heterocycles. The molecule has 1 fully saturated rings. The van der Waals surface area contributed by atoms with E-state index < -0.39 is 5.60 Å². The van der Waals surface area contributed by atoms with Gasteiger partial charge in [0.05, 0.1) is 12.0 Å². The molecule has 5 heteroatoms. The lowest BCUT2D eigenvalue weighted by molar-refractivity contribution is -0.128. The molecule has 23 heavy (non-hydrogen) atoms. The quantitative estimate of drug-likeness (QED) is 0.790. The first-order chi connectivity index (χ1) is 11.0. The first kappa shape index (κ1) is 17.9. The highest BCUT2D eigenvalue weighted by atomic mass is 16.3. The number of hydrogen-bond donors (Lipinski definition) is 2. The predicted octanol–water partition coefficient (Wildman–Crippen LogP) is 1.08. The van der Waals surface area contributed by atoms with E-state index in [9.17, 15) is 9.90 Å². The van der Waals surface area contributed by atoms with Gasteiger partial charge in [-0.15, -0.1) is 0 Å². The molecule has 2 rings (SSSR count). The van der Waals surface area contributed by atoms with Crippen LogP contribution < -0.4 is 5.32 Å². The summed E-state index contributed by atoms with van der Waals surface area (Å²) in [5, 5.41) is 13.2. The molecular weight excluding hydrogens is 290 g/mol. The van der Waals surface area contributed by atoms with Crippen LogP contribution in [0.15, 0.2) is 30.3 Å². The molecule has 1 aromatic carbocycles. The number of likely N-dealkylation sites (tertiary alicyclic amines) is 1. The lowest BCUT2D eigenvalue weighted by Crippen LogP contribution is -2.51. The fourth-order valence-corrected chi connectivity index (χ4v) is 3.21. The Morgan fingerprint density at radius 3 is 2.83 bits per heavy atom. The first-order valence-electron chi connectivity index (χ1n) is 8.38. The summed E-state index contributed by atoms with van der Waals surface area (Å²) in [6, 6.07) is 10.4. The van der Waals surface area contributed by atoms with Crippen molar-refractivity contribution in [2.45, 2.75) is 31.4 Å². The van der Waals surface area contributed by atoms with E-state index in [1.54, 1.807) is 7.05 Å². The Kier molecular flexibility index (Phi) is 6.57. The van der Waals surface area contributed by atoms with Gasteiger partial charge in [0.1, 0.15) is 0 Å². The average Bonchev–Trinajstić information content (AvgIpc) is 2.53. The van der Waals surface area contributed by atoms with Crippen molar-refractivity contribution in [3.05, 3.63) is 35.9 Å². The van der Waals surface area contributed by atoms with Crippen LogP contribution in [0.3, 0.4) is 0 Å². The molecule has 1 unspecified atom stereocenters. The van der Waals surface area contributed by atoms with Crippen LogP contribution in [0, 0.1) is 0 Å². The number of nitrogens with zero attached hydrogens (tertiary/aromatic N) is 2. The SMILES string of the molecule is CNC(=O)CC1(O)CCCN(CCN(C)Cc2ccccc2)C1. The van der Waals surface area contributed by atoms with E-state index in [1.165, 1.54) is 5.56 Å². The van der Waals surface area contributed by atoms with Crippen LogP contribution in [0.5, 0.6) is 0 Å². The molecule has 1 atom stereocenters. The maximum atomic E-state index is 11.6. The molecule has 0 aromatic heterocycles. The van der Waals surface area contributed by atoms with Gasteiger partial charge in [0.25, 0.3) is 0 Å². The van der Waals surface area contributed by atoms with Gasteiger partial charge in [-0.2, -0.15) is 0 Å². The van der Waals surface area contributed by atoms with E-state index in [1.807, 2.05) is 6.07 Å². The van der Waals surface area contributed by atoms with Crippen LogP contribution in [0.4, 0.5) is 0 Å². The highest BCUT2D eigenvalue weighted by Gasteiger charge is 2.34. The Balaban J connectivity index is 1.77. The fourth-order valence-electron chi connectivity index (χ4n) is 3.21. The molecular formula is C18H29N3O2. The number of benzene rings is 1. The number of β-amino-alcohol motifs (C(OH)–C–C–N with tert-alkyl or cyclic N) is 1. The Hall–Kier alpha value is -1.43. The zero-order valence-corrected chi connectivity index (χ0v) is 14.3. The summed E-state index contributed by atoms with van der Waals surface area (Å²) in [7, 11) is 3.73. The van der Waals surface area contributed by atoms with Crippen molar-refractivity contribution in [2.75, 3.05) is 40.3 Å². The van der Waals surface area contributed by atoms with E-state index in [4.69, 9.17) is 0 Å². The summed E-state index contributed by atoms with van der Waals surface area (Å²) in [5.41, 5.74) is 0.431. The number of piperidine rings is 1. The van der Waals surface area contributed by atoms with Gasteiger partial charge in [-0.3, -0.25) is 9.69 Å². The predicted molar refractivity (Wildman–Crippen MR) is 92.1 cm³/mol. The maximum Gasteiger partial charge on any atom is 0.222 e. The van der Waals surface area contributed by atoms with Gasteiger partial charge in [-0.05, 0) is 32.0 Å². The minimum absolute atomic E-state index is 0.0875. The molecule has 0 spiro atoms. The molecule has 2 N–H and O–H groups in total. The third-order valence-electron chi connectivity index (χ3n) is 4.50. The summed E-state index contributed by atoms with van der Waals surface area (Å²) >= 11 is 0. The van der Waals surface area contributed by atoms with Crippen molar-refractivity contribution in [3.8, 4) is 0 Å². The van der Waals surface area contributed by atoms with Crippen LogP contribution in [0.2, 0.25) is 0 Å². The van der Waals surface area contributed by atoms with Gasteiger partial charge in [-0.25, -0.2) is 0 Å². The fraction of sp³-hybridized carbons (Fsp3) is 0.611. The minimum Gasteiger partial charge on any atom is -0.388 e. The minimum atomic E-state index is -0.879. The molecule has 0 aliphatic carbocycles. The molecule has 0 radical (unpaired) electrons. The molecule has 128 valence electrons. The van der Waals surface area contributed by atoms with Gasteiger partial charge in [-0.1, -0.05) is 30.3 Å². The number of carbonyl (C=O) groups is 1. The van der Waals surface area contributed by atoms with Crippen molar-refractivity contribution in [1.29, 1.82) is 0 Å². The lowest BCUT2D eigenvalue weighted by Gasteiger charge is -2.39. The second-order valence-corrected chi connectivity index (χ2v) is 6.68. The third kappa shape index (κ3) is 5.94. The van der Waals surface area contributed by atoms with Gasteiger partial charge in [0, 0.05) is 33.2 Å². The Morgan fingerprint density at radius 2 is 2.13 bits per heavy atom. The summed E-state index contributed by atoms with van der Waals surface area (Å²) < 4.78 is 0. The number of rotatable bonds is 7. The standard InChI is InChI=1S/C18H29N3O2/c1-19-17(22)13-18(23)9-6-10-21(15-18)12-11-20(2)14-16-7-4-3-5-8-16/h3-5,7-8,23H,6,9-15H2,1-2H3,(H,19,22). The molecule has 1 aromatic rings. The molecule has 1 amide bonds. The molecule has 0 bridgehead atoms. The number of carbonyl (C=O) groups excluding carboxylic acids is 1. The van der Waals surface area contributed by atoms with E-state index in [-0.39, 0.29) is 12.3 Å². The van der Waals surface area contributed by atoms with Crippen LogP contribution in [0.25, 0.3) is 0 Å². The highest BCUT2D eigenvalue weighted by Crippen LogP contribution is 2.24. The van der Waals surface area contributed by atoms with Crippen LogP contribution in [-0.4, -0.2) is 66.7 Å². The zero-order valence-electron chi connectivity index (χ0n) is 14.3. The summed E-state index contributed by atoms with van der Waals surface area (Å²) in [4.78, 5) is 16.1. The van der Waals surface area contributed by atoms with E-state index in [0.717, 1.165) is 32.6 Å². The average molecular weight is 319 g/mol. The summed E-state index contributed by atoms with van der Waals surface area (Å²) in [6.45, 7) is 4.37. The monoisotopic (exact) mass is 319 g/mol. The van der Waals surface area contributed by atoms with Crippen molar-refractivity contribution in [1.82, 2.24) is 15.1 Å². The number of likely N-dealkylation sites (N-methyl/N-ethyl adjacent to an activating group) is 1. The normalized spacial score (nSPS) is 22.3. The van der Waals surface area contributed by atoms with Crippen LogP contribution in [-0.2, 0) is 11.3 Å². The first-order valence-corrected chi connectivity index (χ1v) is 8.38. The van der Waals surface area contributed by atoms with Crippen molar-refractivity contribution < 1.29 is 9.90 Å². The summed E-state index contributed by atoms with van der Waals surface area (Å²) in [6.07, 6.45) is 1.84. The van der Waals surface area contributed by atoms with Gasteiger partial charge in [0.15, 0.2) is 0 Å². The molecule has 1 aliphatic heterocycles. The Bertz CT molecular complexity index is 494. The third-order valence-corrected chi connectivity index (χ3v) is 4.50. The van der Waals surface area contributed by atoms with E-state index in [2.05, 4.69) is 46.4 Å². The van der Waals surface area contributed by atoms with Gasteiger partial charge >= 0.3 is 0 Å². The largest absolute Gasteiger partial charge is 0.388 e. The lowest BCUT2D eigenvalue weighted by atomic mass is 9.89. The van der Waals surface area contributed by atoms with Crippen molar-refractivity contribution in [2.24, 2.45) is 0 Å². The summed E-state index contributed by atoms with van der Waals surface area (Å²) in [5.74, 6) is -0.0875. The number of nitrogens with one attached hydrogen (secondary N) is 1. The number of amides is 1. The van der Waals surface area contributed by atoms with Crippen molar-refractivity contribution >= 4 is 5.91 Å². The van der Waals surface area contributed by atoms with Crippen molar-refractivity contribution in [3.63, 3.8) is 0 Å². The smallest absolute Gasteiger partial charge is 0.222 e. The highest BCUT2D eigenvalue weighted by molar-refractivity contribution is 5.76. The Morgan fingerprint density at radius 1 is 1.39 bits per heavy atom. The van der Waals surface area contributed by atoms with Crippen LogP contribution in [0.1, 0.15) is 24.8 Å². The second-order valence-electron chi connectivity index (χ2n) is 6.68. The molecule has 1 heterocycles. The number of hydrogen-bond acceptors (Lipinski definition) is 4. The zero-order chi connectivity index (χ0) is 16.7. The molecule has 1 aliphatic rings. The topological polar surface area (TPSA) is 55.8 Å². The van der Waals surface area contributed by atoms with Gasteiger partial charge < -0.3 is 15.3 Å².